The van der Waals surface area contributed by atoms with Crippen LogP contribution in [0.3, 0.4) is 0 Å². The van der Waals surface area contributed by atoms with Crippen molar-refractivity contribution in [2.45, 2.75) is 78.2 Å². The van der Waals surface area contributed by atoms with Crippen LogP contribution in [0.25, 0.3) is 0 Å². The fourth-order valence-electron chi connectivity index (χ4n) is 8.03. The third-order valence-electron chi connectivity index (χ3n) is 9.65. The number of carbonyl (C=O) groups excluding carboxylic acids is 1. The van der Waals surface area contributed by atoms with Crippen molar-refractivity contribution in [3.63, 3.8) is 0 Å². The number of Topliss-reactive ketones (excluding diaryl/α,β-unsaturated/α-hetero) is 1. The molecule has 0 aromatic heterocycles. The number of rotatable bonds is 2. The standard InChI is InChI=1S/C22H34O4/c1-12(20(25)26)16-6-7-17-15-5-4-13-10-14(23)8-9-21(13,2)18(15)11-19(24)22(16,17)3/h12-13,15-19,24H,4-11H2,1-3H3,(H,25,26)/t12?,13-,15+,16-,17+,18+,19+,21+,22-/m1/s1. The lowest BCUT2D eigenvalue weighted by molar-refractivity contribution is -0.174. The van der Waals surface area contributed by atoms with Crippen molar-refractivity contribution in [1.82, 2.24) is 0 Å². The molecule has 4 aliphatic rings. The summed E-state index contributed by atoms with van der Waals surface area (Å²) in [6.07, 6.45) is 7.04. The van der Waals surface area contributed by atoms with Gasteiger partial charge in [-0.3, -0.25) is 9.59 Å². The van der Waals surface area contributed by atoms with Gasteiger partial charge < -0.3 is 10.2 Å². The van der Waals surface area contributed by atoms with Crippen LogP contribution in [0.4, 0.5) is 0 Å². The Morgan fingerprint density at radius 3 is 2.58 bits per heavy atom. The molecule has 0 aromatic rings. The normalized spacial score (nSPS) is 51.9. The predicted octanol–water partition coefficient (Wildman–Crippen LogP) is 3.91. The van der Waals surface area contributed by atoms with Gasteiger partial charge in [0.15, 0.2) is 0 Å². The van der Waals surface area contributed by atoms with Crippen LogP contribution in [0.2, 0.25) is 0 Å². The molecule has 1 unspecified atom stereocenters. The Hall–Kier alpha value is -0.900. The molecule has 26 heavy (non-hydrogen) atoms. The number of aliphatic hydroxyl groups is 1. The van der Waals surface area contributed by atoms with Crippen LogP contribution in [-0.2, 0) is 9.59 Å². The van der Waals surface area contributed by atoms with E-state index in [1.54, 1.807) is 0 Å². The molecular formula is C22H34O4. The van der Waals surface area contributed by atoms with Crippen LogP contribution in [0.1, 0.15) is 72.1 Å². The number of aliphatic hydroxyl groups excluding tert-OH is 1. The summed E-state index contributed by atoms with van der Waals surface area (Å²) < 4.78 is 0. The second-order valence-electron chi connectivity index (χ2n) is 10.3. The highest BCUT2D eigenvalue weighted by atomic mass is 16.4. The monoisotopic (exact) mass is 362 g/mol. The first kappa shape index (κ1) is 18.5. The summed E-state index contributed by atoms with van der Waals surface area (Å²) in [5, 5.41) is 20.8. The fraction of sp³-hybridized carbons (Fsp3) is 0.909. The van der Waals surface area contributed by atoms with Crippen LogP contribution in [0, 0.1) is 46.3 Å². The summed E-state index contributed by atoms with van der Waals surface area (Å²) in [4.78, 5) is 23.6. The number of hydrogen-bond acceptors (Lipinski definition) is 3. The molecule has 0 heterocycles. The number of carbonyl (C=O) groups is 2. The van der Waals surface area contributed by atoms with Crippen molar-refractivity contribution in [1.29, 1.82) is 0 Å². The average molecular weight is 363 g/mol. The first-order valence-corrected chi connectivity index (χ1v) is 10.6. The third kappa shape index (κ3) is 2.36. The first-order chi connectivity index (χ1) is 12.2. The summed E-state index contributed by atoms with van der Waals surface area (Å²) in [7, 11) is 0. The highest BCUT2D eigenvalue weighted by molar-refractivity contribution is 5.79. The SMILES string of the molecule is CC(C(=O)O)[C@H]1CC[C@H]2[C@@H]3CC[C@@H]4CC(=O)CC[C@]4(C)[C@H]3C[C@H](O)[C@]12C. The number of carboxylic acids is 1. The zero-order chi connectivity index (χ0) is 18.9. The molecule has 0 aromatic carbocycles. The van der Waals surface area contributed by atoms with Gasteiger partial charge in [0, 0.05) is 18.3 Å². The Morgan fingerprint density at radius 2 is 1.88 bits per heavy atom. The van der Waals surface area contributed by atoms with Crippen molar-refractivity contribution in [2.75, 3.05) is 0 Å². The number of ketones is 1. The van der Waals surface area contributed by atoms with Crippen LogP contribution in [0.5, 0.6) is 0 Å². The maximum absolute atomic E-state index is 12.0. The molecule has 4 nitrogen and oxygen atoms in total. The average Bonchev–Trinajstić information content (AvgIpc) is 2.94. The molecule has 0 bridgehead atoms. The summed E-state index contributed by atoms with van der Waals surface area (Å²) in [6, 6.07) is 0. The summed E-state index contributed by atoms with van der Waals surface area (Å²) in [5.41, 5.74) is -0.0949. The predicted molar refractivity (Wildman–Crippen MR) is 98.4 cm³/mol. The Kier molecular flexibility index (Phi) is 4.30. The van der Waals surface area contributed by atoms with Gasteiger partial charge in [-0.2, -0.15) is 0 Å². The van der Waals surface area contributed by atoms with Gasteiger partial charge in [-0.05, 0) is 73.5 Å². The molecule has 2 N–H and O–H groups in total. The molecule has 0 amide bonds. The molecule has 4 fully saturated rings. The molecule has 0 aliphatic heterocycles. The zero-order valence-corrected chi connectivity index (χ0v) is 16.4. The number of aliphatic carboxylic acids is 1. The fourth-order valence-corrected chi connectivity index (χ4v) is 8.03. The molecule has 4 rings (SSSR count). The molecule has 146 valence electrons. The van der Waals surface area contributed by atoms with Crippen molar-refractivity contribution in [2.24, 2.45) is 46.3 Å². The maximum Gasteiger partial charge on any atom is 0.306 e. The van der Waals surface area contributed by atoms with E-state index in [1.165, 1.54) is 0 Å². The van der Waals surface area contributed by atoms with E-state index in [2.05, 4.69) is 13.8 Å². The van der Waals surface area contributed by atoms with E-state index < -0.39 is 18.0 Å². The Bertz CT molecular complexity index is 615. The topological polar surface area (TPSA) is 74.6 Å². The summed E-state index contributed by atoms with van der Waals surface area (Å²) in [5.74, 6) is 1.35. The van der Waals surface area contributed by atoms with Gasteiger partial charge in [0.25, 0.3) is 0 Å². The number of hydrogen-bond donors (Lipinski definition) is 2. The van der Waals surface area contributed by atoms with E-state index in [0.717, 1.165) is 44.9 Å². The van der Waals surface area contributed by atoms with E-state index in [-0.39, 0.29) is 16.7 Å². The molecule has 9 atom stereocenters. The van der Waals surface area contributed by atoms with Gasteiger partial charge in [0.1, 0.15) is 5.78 Å². The lowest BCUT2D eigenvalue weighted by Gasteiger charge is -2.61. The van der Waals surface area contributed by atoms with Crippen molar-refractivity contribution in [3.8, 4) is 0 Å². The molecule has 4 heteroatoms. The molecule has 0 saturated heterocycles. The smallest absolute Gasteiger partial charge is 0.306 e. The molecular weight excluding hydrogens is 328 g/mol. The summed E-state index contributed by atoms with van der Waals surface area (Å²) in [6.45, 7) is 6.38. The molecule has 4 saturated carbocycles. The minimum Gasteiger partial charge on any atom is -0.481 e. The van der Waals surface area contributed by atoms with Gasteiger partial charge in [-0.25, -0.2) is 0 Å². The second kappa shape index (κ2) is 6.05. The first-order valence-electron chi connectivity index (χ1n) is 10.6. The van der Waals surface area contributed by atoms with Gasteiger partial charge in [0.05, 0.1) is 12.0 Å². The minimum absolute atomic E-state index is 0.0689. The number of carboxylic acid groups (broad SMARTS) is 1. The van der Waals surface area contributed by atoms with Crippen molar-refractivity contribution >= 4 is 11.8 Å². The quantitative estimate of drug-likeness (QED) is 0.781. The van der Waals surface area contributed by atoms with E-state index in [0.29, 0.717) is 35.9 Å². The third-order valence-corrected chi connectivity index (χ3v) is 9.65. The Morgan fingerprint density at radius 1 is 1.15 bits per heavy atom. The van der Waals surface area contributed by atoms with E-state index in [1.807, 2.05) is 6.92 Å². The highest BCUT2D eigenvalue weighted by Crippen LogP contribution is 2.68. The lowest BCUT2D eigenvalue weighted by atomic mass is 9.44. The molecule has 0 spiro atoms. The zero-order valence-electron chi connectivity index (χ0n) is 16.4. The molecule has 0 radical (unpaired) electrons. The van der Waals surface area contributed by atoms with Crippen LogP contribution in [0.15, 0.2) is 0 Å². The van der Waals surface area contributed by atoms with Gasteiger partial charge in [0.2, 0.25) is 0 Å². The highest BCUT2D eigenvalue weighted by Gasteiger charge is 2.64. The van der Waals surface area contributed by atoms with Crippen LogP contribution in [-0.4, -0.2) is 28.1 Å². The number of fused-ring (bicyclic) bond motifs is 5. The summed E-state index contributed by atoms with van der Waals surface area (Å²) >= 11 is 0. The van der Waals surface area contributed by atoms with Crippen molar-refractivity contribution in [3.05, 3.63) is 0 Å². The van der Waals surface area contributed by atoms with Crippen molar-refractivity contribution < 1.29 is 19.8 Å². The second-order valence-corrected chi connectivity index (χ2v) is 10.3. The minimum atomic E-state index is -0.729. The lowest BCUT2D eigenvalue weighted by Crippen LogP contribution is -2.58. The van der Waals surface area contributed by atoms with E-state index >= 15 is 0 Å². The van der Waals surface area contributed by atoms with Crippen LogP contribution < -0.4 is 0 Å². The largest absolute Gasteiger partial charge is 0.481 e. The van der Waals surface area contributed by atoms with Gasteiger partial charge >= 0.3 is 5.97 Å². The van der Waals surface area contributed by atoms with Crippen LogP contribution >= 0.6 is 0 Å². The van der Waals surface area contributed by atoms with Gasteiger partial charge in [-0.1, -0.05) is 20.8 Å². The van der Waals surface area contributed by atoms with E-state index in [9.17, 15) is 19.8 Å². The maximum atomic E-state index is 12.0. The van der Waals surface area contributed by atoms with Gasteiger partial charge in [-0.15, -0.1) is 0 Å². The molecule has 4 aliphatic carbocycles. The van der Waals surface area contributed by atoms with E-state index in [4.69, 9.17) is 0 Å². The Balaban J connectivity index is 1.65. The Labute approximate surface area is 156 Å².